The Hall–Kier alpha value is -1.19. The lowest BCUT2D eigenvalue weighted by Gasteiger charge is -2.37. The molecule has 2 aromatic rings. The molecule has 9 heteroatoms. The summed E-state index contributed by atoms with van der Waals surface area (Å²) in [4.78, 5) is 9.38. The molecule has 0 aromatic carbocycles. The summed E-state index contributed by atoms with van der Waals surface area (Å²) in [6, 6.07) is 0.212. The van der Waals surface area contributed by atoms with Gasteiger partial charge in [-0.3, -0.25) is 4.90 Å². The number of anilines is 1. The zero-order valence-corrected chi connectivity index (χ0v) is 15.0. The minimum atomic E-state index is -2.81. The van der Waals surface area contributed by atoms with Gasteiger partial charge in [-0.1, -0.05) is 11.3 Å². The van der Waals surface area contributed by atoms with Gasteiger partial charge in [-0.05, 0) is 13.3 Å². The number of rotatable bonds is 2. The highest BCUT2D eigenvalue weighted by Gasteiger charge is 2.34. The Morgan fingerprint density at radius 2 is 1.96 bits per heavy atom. The summed E-state index contributed by atoms with van der Waals surface area (Å²) in [5.41, 5.74) is 1.98. The number of nitrogens with zero attached hydrogens (tertiary/aromatic N) is 5. The molecular weight excluding hydrogens is 334 g/mol. The highest BCUT2D eigenvalue weighted by molar-refractivity contribution is 7.91. The van der Waals surface area contributed by atoms with Crippen LogP contribution in [0.1, 0.15) is 12.1 Å². The summed E-state index contributed by atoms with van der Waals surface area (Å²) < 4.78 is 26.3. The molecule has 0 spiro atoms. The van der Waals surface area contributed by atoms with E-state index in [1.807, 2.05) is 18.7 Å². The second-order valence-electron chi connectivity index (χ2n) is 6.44. The molecule has 1 atom stereocenters. The van der Waals surface area contributed by atoms with E-state index >= 15 is 0 Å². The van der Waals surface area contributed by atoms with Crippen LogP contribution in [-0.2, 0) is 16.9 Å². The Balaban J connectivity index is 1.45. The van der Waals surface area contributed by atoms with Crippen LogP contribution in [0, 0.1) is 6.92 Å². The van der Waals surface area contributed by atoms with Crippen LogP contribution in [0.4, 0.5) is 5.13 Å². The molecule has 0 saturated carbocycles. The minimum Gasteiger partial charge on any atom is -0.345 e. The number of piperazine rings is 1. The molecule has 0 N–H and O–H groups in total. The van der Waals surface area contributed by atoms with Gasteiger partial charge in [-0.25, -0.2) is 18.1 Å². The van der Waals surface area contributed by atoms with Gasteiger partial charge in [0, 0.05) is 39.3 Å². The topological polar surface area (TPSA) is 71.3 Å². The van der Waals surface area contributed by atoms with Crippen molar-refractivity contribution < 1.29 is 8.42 Å². The molecular formula is C14H21N5O2S2. The van der Waals surface area contributed by atoms with E-state index in [1.54, 1.807) is 11.3 Å². The Morgan fingerprint density at radius 3 is 2.57 bits per heavy atom. The number of thiazole rings is 1. The van der Waals surface area contributed by atoms with Crippen molar-refractivity contribution in [3.8, 4) is 0 Å². The van der Waals surface area contributed by atoms with Crippen molar-refractivity contribution in [2.24, 2.45) is 7.05 Å². The smallest absolute Gasteiger partial charge is 0.188 e. The van der Waals surface area contributed by atoms with Crippen LogP contribution < -0.4 is 4.90 Å². The van der Waals surface area contributed by atoms with E-state index in [4.69, 9.17) is 4.98 Å². The summed E-state index contributed by atoms with van der Waals surface area (Å²) in [5, 5.41) is 5.45. The first kappa shape index (κ1) is 15.3. The second kappa shape index (κ2) is 5.42. The predicted molar refractivity (Wildman–Crippen MR) is 92.0 cm³/mol. The van der Waals surface area contributed by atoms with Gasteiger partial charge >= 0.3 is 0 Å². The number of fused-ring (bicyclic) bond motifs is 1. The van der Waals surface area contributed by atoms with Crippen LogP contribution in [0.15, 0.2) is 0 Å². The van der Waals surface area contributed by atoms with E-state index in [0.717, 1.165) is 53.8 Å². The first-order chi connectivity index (χ1) is 10.9. The van der Waals surface area contributed by atoms with Crippen molar-refractivity contribution >= 4 is 36.7 Å². The van der Waals surface area contributed by atoms with Crippen LogP contribution in [0.25, 0.3) is 10.3 Å². The number of hydrogen-bond donors (Lipinski definition) is 0. The minimum absolute atomic E-state index is 0.212. The van der Waals surface area contributed by atoms with E-state index in [2.05, 4.69) is 14.9 Å². The quantitative estimate of drug-likeness (QED) is 0.788. The van der Waals surface area contributed by atoms with Crippen LogP contribution in [0.3, 0.4) is 0 Å². The molecule has 0 bridgehead atoms. The third kappa shape index (κ3) is 2.74. The van der Waals surface area contributed by atoms with E-state index in [9.17, 15) is 8.42 Å². The second-order valence-corrected chi connectivity index (χ2v) is 9.64. The van der Waals surface area contributed by atoms with Gasteiger partial charge < -0.3 is 4.90 Å². The maximum Gasteiger partial charge on any atom is 0.188 e. The fourth-order valence-electron chi connectivity index (χ4n) is 3.55. The fraction of sp³-hybridized carbons (Fsp3) is 0.714. The molecule has 0 unspecified atom stereocenters. The molecule has 7 nitrogen and oxygen atoms in total. The van der Waals surface area contributed by atoms with E-state index in [0.29, 0.717) is 11.5 Å². The molecule has 126 valence electrons. The third-order valence-electron chi connectivity index (χ3n) is 4.84. The lowest BCUT2D eigenvalue weighted by Crippen LogP contribution is -2.50. The van der Waals surface area contributed by atoms with Crippen molar-refractivity contribution in [3.05, 3.63) is 5.69 Å². The molecule has 2 aliphatic rings. The van der Waals surface area contributed by atoms with Gasteiger partial charge in [0.05, 0.1) is 21.9 Å². The first-order valence-corrected chi connectivity index (χ1v) is 10.6. The average Bonchev–Trinajstić information content (AvgIpc) is 3.16. The largest absolute Gasteiger partial charge is 0.345 e. The Bertz CT molecular complexity index is 798. The Kier molecular flexibility index (Phi) is 3.62. The maximum atomic E-state index is 11.6. The number of aryl methyl sites for hydroxylation is 2. The van der Waals surface area contributed by atoms with Crippen molar-refractivity contribution in [2.45, 2.75) is 19.4 Å². The summed E-state index contributed by atoms with van der Waals surface area (Å²) in [7, 11) is -0.877. The highest BCUT2D eigenvalue weighted by atomic mass is 32.2. The van der Waals surface area contributed by atoms with Gasteiger partial charge in [0.1, 0.15) is 0 Å². The lowest BCUT2D eigenvalue weighted by atomic mass is 10.2. The average molecular weight is 355 g/mol. The lowest BCUT2D eigenvalue weighted by molar-refractivity contribution is 0.200. The first-order valence-electron chi connectivity index (χ1n) is 7.92. The van der Waals surface area contributed by atoms with Crippen molar-refractivity contribution in [1.29, 1.82) is 0 Å². The van der Waals surface area contributed by atoms with Gasteiger partial charge in [0.25, 0.3) is 0 Å². The van der Waals surface area contributed by atoms with Gasteiger partial charge in [-0.2, -0.15) is 5.10 Å². The number of hydrogen-bond acceptors (Lipinski definition) is 7. The zero-order chi connectivity index (χ0) is 16.2. The predicted octanol–water partition coefficient (Wildman–Crippen LogP) is 0.647. The summed E-state index contributed by atoms with van der Waals surface area (Å²) in [6.07, 6.45) is 0.786. The standard InChI is InChI=1S/C14H21N5O2S2/c1-10-12-13(17(2)16-10)15-14(22-12)19-6-4-18(5-7-19)11-3-8-23(20,21)9-11/h11H,3-9H2,1-2H3/t11-/m1/s1. The molecule has 23 heavy (non-hydrogen) atoms. The molecule has 2 saturated heterocycles. The van der Waals surface area contributed by atoms with Gasteiger partial charge in [-0.15, -0.1) is 0 Å². The molecule has 0 amide bonds. The fourth-order valence-corrected chi connectivity index (χ4v) is 6.40. The summed E-state index contributed by atoms with van der Waals surface area (Å²) in [5.74, 6) is 0.682. The molecule has 0 aliphatic carbocycles. The van der Waals surface area contributed by atoms with Gasteiger partial charge in [0.2, 0.25) is 0 Å². The number of sulfone groups is 1. The number of aromatic nitrogens is 3. The monoisotopic (exact) mass is 355 g/mol. The maximum absolute atomic E-state index is 11.6. The molecule has 2 aromatic heterocycles. The summed E-state index contributed by atoms with van der Waals surface area (Å²) >= 11 is 1.70. The van der Waals surface area contributed by atoms with Crippen LogP contribution >= 0.6 is 11.3 Å². The molecule has 4 rings (SSSR count). The van der Waals surface area contributed by atoms with Gasteiger partial charge in [0.15, 0.2) is 20.6 Å². The molecule has 2 fully saturated rings. The Morgan fingerprint density at radius 1 is 1.22 bits per heavy atom. The van der Waals surface area contributed by atoms with Crippen molar-refractivity contribution in [1.82, 2.24) is 19.7 Å². The molecule has 4 heterocycles. The normalized spacial score (nSPS) is 25.5. The van der Waals surface area contributed by atoms with Crippen molar-refractivity contribution in [2.75, 3.05) is 42.6 Å². The summed E-state index contributed by atoms with van der Waals surface area (Å²) in [6.45, 7) is 5.65. The third-order valence-corrected chi connectivity index (χ3v) is 7.81. The molecule has 0 radical (unpaired) electrons. The van der Waals surface area contributed by atoms with E-state index < -0.39 is 9.84 Å². The highest BCUT2D eigenvalue weighted by Crippen LogP contribution is 2.31. The van der Waals surface area contributed by atoms with Crippen LogP contribution in [0.5, 0.6) is 0 Å². The van der Waals surface area contributed by atoms with E-state index in [-0.39, 0.29) is 6.04 Å². The van der Waals surface area contributed by atoms with Crippen molar-refractivity contribution in [3.63, 3.8) is 0 Å². The SMILES string of the molecule is Cc1nn(C)c2nc(N3CCN([C@@H]4CCS(=O)(=O)C4)CC3)sc12. The molecule has 2 aliphatic heterocycles. The van der Waals surface area contributed by atoms with E-state index in [1.165, 1.54) is 0 Å². The zero-order valence-electron chi connectivity index (χ0n) is 13.4. The van der Waals surface area contributed by atoms with Crippen LogP contribution in [-0.4, -0.2) is 71.8 Å². The van der Waals surface area contributed by atoms with Crippen LogP contribution in [0.2, 0.25) is 0 Å². The Labute approximate surface area is 139 Å².